The van der Waals surface area contributed by atoms with E-state index in [1.165, 1.54) is 18.9 Å². The van der Waals surface area contributed by atoms with E-state index in [9.17, 15) is 9.59 Å². The second-order valence-electron chi connectivity index (χ2n) is 5.23. The van der Waals surface area contributed by atoms with Crippen molar-refractivity contribution in [3.05, 3.63) is 58.3 Å². The molecule has 0 saturated carbocycles. The normalized spacial score (nSPS) is 10.7. The van der Waals surface area contributed by atoms with Gasteiger partial charge in [-0.2, -0.15) is 0 Å². The number of ether oxygens (including phenoxy) is 2. The van der Waals surface area contributed by atoms with E-state index in [2.05, 4.69) is 0 Å². The van der Waals surface area contributed by atoms with Crippen LogP contribution in [0.5, 0.6) is 5.75 Å². The lowest BCUT2D eigenvalue weighted by Crippen LogP contribution is -2.07. The van der Waals surface area contributed by atoms with Gasteiger partial charge in [0.25, 0.3) is 0 Å². The van der Waals surface area contributed by atoms with Crippen LogP contribution in [0.2, 0.25) is 0 Å². The van der Waals surface area contributed by atoms with Gasteiger partial charge in [-0.15, -0.1) is 0 Å². The summed E-state index contributed by atoms with van der Waals surface area (Å²) < 4.78 is 15.8. The van der Waals surface area contributed by atoms with Gasteiger partial charge in [0.2, 0.25) is 5.43 Å². The Bertz CT molecular complexity index is 989. The molecule has 3 aromatic rings. The third-order valence-corrected chi connectivity index (χ3v) is 4.51. The SMILES string of the molecule is COC(=O)c1ccc(-c2c(SC)oc3cc(OC)ccc3c2=O)cc1. The van der Waals surface area contributed by atoms with E-state index < -0.39 is 5.97 Å². The van der Waals surface area contributed by atoms with Crippen molar-refractivity contribution >= 4 is 28.7 Å². The minimum atomic E-state index is -0.422. The van der Waals surface area contributed by atoms with Crippen molar-refractivity contribution in [2.24, 2.45) is 0 Å². The minimum absolute atomic E-state index is 0.126. The molecule has 1 aromatic heterocycles. The van der Waals surface area contributed by atoms with E-state index in [1.54, 1.807) is 49.6 Å². The van der Waals surface area contributed by atoms with Crippen LogP contribution in [0.15, 0.2) is 56.8 Å². The zero-order valence-corrected chi connectivity index (χ0v) is 14.8. The Hall–Kier alpha value is -2.73. The molecule has 0 fully saturated rings. The molecule has 0 saturated heterocycles. The molecule has 0 radical (unpaired) electrons. The number of thioether (sulfide) groups is 1. The van der Waals surface area contributed by atoms with Crippen molar-refractivity contribution in [3.63, 3.8) is 0 Å². The molecule has 0 atom stereocenters. The molecular weight excluding hydrogens is 340 g/mol. The Morgan fingerprint density at radius 3 is 2.40 bits per heavy atom. The van der Waals surface area contributed by atoms with Crippen LogP contribution in [0.25, 0.3) is 22.1 Å². The molecule has 0 spiro atoms. The van der Waals surface area contributed by atoms with E-state index in [0.717, 1.165) is 0 Å². The van der Waals surface area contributed by atoms with E-state index in [4.69, 9.17) is 13.9 Å². The third kappa shape index (κ3) is 3.13. The lowest BCUT2D eigenvalue weighted by atomic mass is 10.0. The van der Waals surface area contributed by atoms with Crippen LogP contribution in [0.1, 0.15) is 10.4 Å². The Morgan fingerprint density at radius 1 is 1.08 bits per heavy atom. The maximum absolute atomic E-state index is 13.0. The number of fused-ring (bicyclic) bond motifs is 1. The molecule has 128 valence electrons. The lowest BCUT2D eigenvalue weighted by molar-refractivity contribution is 0.0601. The van der Waals surface area contributed by atoms with Gasteiger partial charge in [-0.1, -0.05) is 23.9 Å². The number of carbonyl (C=O) groups is 1. The summed E-state index contributed by atoms with van der Waals surface area (Å²) in [5.41, 5.74) is 1.93. The van der Waals surface area contributed by atoms with Crippen molar-refractivity contribution in [1.29, 1.82) is 0 Å². The second kappa shape index (κ2) is 7.03. The third-order valence-electron chi connectivity index (χ3n) is 3.85. The molecule has 0 amide bonds. The topological polar surface area (TPSA) is 65.7 Å². The highest BCUT2D eigenvalue weighted by Crippen LogP contribution is 2.32. The predicted octanol–water partition coefficient (Wildman–Crippen LogP) is 3.98. The summed E-state index contributed by atoms with van der Waals surface area (Å²) in [4.78, 5) is 24.5. The molecule has 0 unspecified atom stereocenters. The van der Waals surface area contributed by atoms with Crippen molar-refractivity contribution < 1.29 is 18.7 Å². The largest absolute Gasteiger partial charge is 0.497 e. The van der Waals surface area contributed by atoms with Gasteiger partial charge in [-0.25, -0.2) is 4.79 Å². The Balaban J connectivity index is 2.20. The summed E-state index contributed by atoms with van der Waals surface area (Å²) in [5, 5.41) is 0.988. The van der Waals surface area contributed by atoms with Crippen LogP contribution in [-0.2, 0) is 4.74 Å². The first-order valence-electron chi connectivity index (χ1n) is 7.46. The number of hydrogen-bond acceptors (Lipinski definition) is 6. The zero-order chi connectivity index (χ0) is 18.0. The standard InChI is InChI=1S/C19H16O5S/c1-22-13-8-9-14-15(10-13)24-19(25-3)16(17(14)20)11-4-6-12(7-5-11)18(21)23-2/h4-10H,1-3H3. The average Bonchev–Trinajstić information content (AvgIpc) is 2.66. The first-order valence-corrected chi connectivity index (χ1v) is 8.69. The molecule has 0 N–H and O–H groups in total. The first-order chi connectivity index (χ1) is 12.1. The quantitative estimate of drug-likeness (QED) is 0.520. The molecule has 1 heterocycles. The molecule has 6 heteroatoms. The van der Waals surface area contributed by atoms with Crippen LogP contribution in [0, 0.1) is 0 Å². The lowest BCUT2D eigenvalue weighted by Gasteiger charge is -2.09. The van der Waals surface area contributed by atoms with E-state index in [1.807, 2.05) is 6.26 Å². The van der Waals surface area contributed by atoms with E-state index in [-0.39, 0.29) is 5.43 Å². The molecule has 0 aliphatic rings. The van der Waals surface area contributed by atoms with Gasteiger partial charge in [0.05, 0.1) is 30.7 Å². The highest BCUT2D eigenvalue weighted by molar-refractivity contribution is 7.98. The fourth-order valence-corrected chi connectivity index (χ4v) is 3.15. The maximum atomic E-state index is 13.0. The minimum Gasteiger partial charge on any atom is -0.497 e. The molecule has 25 heavy (non-hydrogen) atoms. The molecule has 0 aliphatic carbocycles. The molecule has 0 aliphatic heterocycles. The van der Waals surface area contributed by atoms with Crippen molar-refractivity contribution in [2.75, 3.05) is 20.5 Å². The van der Waals surface area contributed by atoms with Crippen LogP contribution >= 0.6 is 11.8 Å². The highest BCUT2D eigenvalue weighted by Gasteiger charge is 2.17. The summed E-state index contributed by atoms with van der Waals surface area (Å²) in [6.45, 7) is 0. The number of esters is 1. The molecule has 0 bridgehead atoms. The van der Waals surface area contributed by atoms with Crippen molar-refractivity contribution in [3.8, 4) is 16.9 Å². The molecule has 5 nitrogen and oxygen atoms in total. The van der Waals surface area contributed by atoms with Gasteiger partial charge < -0.3 is 13.9 Å². The Kier molecular flexibility index (Phi) is 4.81. The summed E-state index contributed by atoms with van der Waals surface area (Å²) in [6, 6.07) is 11.8. The summed E-state index contributed by atoms with van der Waals surface area (Å²) >= 11 is 1.35. The van der Waals surface area contributed by atoms with Gasteiger partial charge in [-0.05, 0) is 36.1 Å². The van der Waals surface area contributed by atoms with Crippen LogP contribution in [0.3, 0.4) is 0 Å². The fraction of sp³-hybridized carbons (Fsp3) is 0.158. The smallest absolute Gasteiger partial charge is 0.337 e. The number of rotatable bonds is 4. The second-order valence-corrected chi connectivity index (χ2v) is 6.01. The van der Waals surface area contributed by atoms with Gasteiger partial charge in [0.1, 0.15) is 11.3 Å². The molecule has 3 rings (SSSR count). The highest BCUT2D eigenvalue weighted by atomic mass is 32.2. The van der Waals surface area contributed by atoms with Crippen LogP contribution in [-0.4, -0.2) is 26.4 Å². The van der Waals surface area contributed by atoms with Gasteiger partial charge in [0, 0.05) is 6.07 Å². The summed E-state index contributed by atoms with van der Waals surface area (Å²) in [6.07, 6.45) is 1.84. The number of benzene rings is 2. The molecule has 2 aromatic carbocycles. The van der Waals surface area contributed by atoms with Crippen molar-refractivity contribution in [1.82, 2.24) is 0 Å². The fourth-order valence-electron chi connectivity index (χ4n) is 2.56. The predicted molar refractivity (Wildman–Crippen MR) is 97.6 cm³/mol. The maximum Gasteiger partial charge on any atom is 0.337 e. The number of methoxy groups -OCH3 is 2. The number of carbonyl (C=O) groups excluding carboxylic acids is 1. The first kappa shape index (κ1) is 17.1. The summed E-state index contributed by atoms with van der Waals surface area (Å²) in [7, 11) is 2.89. The van der Waals surface area contributed by atoms with Crippen molar-refractivity contribution in [2.45, 2.75) is 5.09 Å². The van der Waals surface area contributed by atoms with Gasteiger partial charge in [0.15, 0.2) is 5.09 Å². The van der Waals surface area contributed by atoms with Crippen LogP contribution in [0.4, 0.5) is 0 Å². The molecular formula is C19H16O5S. The average molecular weight is 356 g/mol. The number of hydrogen-bond donors (Lipinski definition) is 0. The Morgan fingerprint density at radius 2 is 1.80 bits per heavy atom. The van der Waals surface area contributed by atoms with E-state index >= 15 is 0 Å². The Labute approximate surface area is 148 Å². The monoisotopic (exact) mass is 356 g/mol. The van der Waals surface area contributed by atoms with E-state index in [0.29, 0.717) is 38.5 Å². The van der Waals surface area contributed by atoms with Gasteiger partial charge >= 0.3 is 5.97 Å². The summed E-state index contributed by atoms with van der Waals surface area (Å²) in [5.74, 6) is 0.201. The zero-order valence-electron chi connectivity index (χ0n) is 14.0. The van der Waals surface area contributed by atoms with Gasteiger partial charge in [-0.3, -0.25) is 4.79 Å². The van der Waals surface area contributed by atoms with Crippen LogP contribution < -0.4 is 10.2 Å².